The number of thiazole rings is 1. The first-order chi connectivity index (χ1) is 32.5. The summed E-state index contributed by atoms with van der Waals surface area (Å²) in [6.45, 7) is 12.9. The molecule has 0 bridgehead atoms. The molecule has 0 saturated carbocycles. The highest BCUT2D eigenvalue weighted by atomic mass is 32.1. The Bertz CT molecular complexity index is 2090. The number of aliphatic hydroxyl groups is 2. The fourth-order valence-electron chi connectivity index (χ4n) is 9.63. The summed E-state index contributed by atoms with van der Waals surface area (Å²) in [4.78, 5) is 72.0. The van der Waals surface area contributed by atoms with E-state index in [4.69, 9.17) is 23.7 Å². The lowest BCUT2D eigenvalue weighted by atomic mass is 9.65. The largest absolute Gasteiger partial charge is 0.462 e. The first-order valence-electron chi connectivity index (χ1n) is 24.0. The highest BCUT2D eigenvalue weighted by Gasteiger charge is 2.45. The number of cyclic esters (lactones) is 1. The average molecular weight is 966 g/mol. The topological polar surface area (TPSA) is 224 Å². The van der Waals surface area contributed by atoms with Crippen LogP contribution >= 0.6 is 11.3 Å². The summed E-state index contributed by atoms with van der Waals surface area (Å²) in [5.74, 6) is -1.03. The standard InChI is InChI=1S/C50H71N5O12S/c1-30-21-35-10-7-31(2)39(14-13-38-23-36(56)25-43(59)66-38)44(35)41(22-30)67-49(62)51-15-16-63-17-18-64-19-20-65-28-42(58)54-46(50(4,5)6)48(61)55-27-37(57)24-40(55)47(60)52-26-33-8-11-34(12-9-33)45-32(3)53-29-68-45/h7-12,21,29-31,36-41,44,46,56-57H,13-20,22-28H2,1-6H3,(H,51,62)(H,52,60)(H,54,58)/t30-,31-,36+,37+,38+,39-,40-,41-,44-,46+/m0/s1. The second-order valence-electron chi connectivity index (χ2n) is 19.7. The minimum absolute atomic E-state index is 0.0172. The van der Waals surface area contributed by atoms with Gasteiger partial charge in [-0.05, 0) is 66.1 Å². The number of aryl methyl sites for hydroxylation is 1. The van der Waals surface area contributed by atoms with E-state index in [1.807, 2.05) is 52.0 Å². The molecule has 18 heteroatoms. The van der Waals surface area contributed by atoms with Crippen LogP contribution in [0.25, 0.3) is 10.4 Å². The fourth-order valence-corrected chi connectivity index (χ4v) is 10.4. The molecule has 0 spiro atoms. The summed E-state index contributed by atoms with van der Waals surface area (Å²) in [6.07, 6.45) is 6.58. The van der Waals surface area contributed by atoms with Gasteiger partial charge in [-0.2, -0.15) is 0 Å². The van der Waals surface area contributed by atoms with Crippen LogP contribution in [-0.4, -0.2) is 139 Å². The maximum atomic E-state index is 13.9. The van der Waals surface area contributed by atoms with Gasteiger partial charge < -0.3 is 54.7 Å². The summed E-state index contributed by atoms with van der Waals surface area (Å²) >= 11 is 1.57. The number of amides is 4. The van der Waals surface area contributed by atoms with Crippen LogP contribution in [0, 0.1) is 36.0 Å². The van der Waals surface area contributed by atoms with Crippen molar-refractivity contribution in [2.24, 2.45) is 29.1 Å². The Balaban J connectivity index is 0.842. The summed E-state index contributed by atoms with van der Waals surface area (Å²) < 4.78 is 28.3. The molecule has 10 atom stereocenters. The third-order valence-electron chi connectivity index (χ3n) is 13.1. The van der Waals surface area contributed by atoms with Crippen LogP contribution in [0.15, 0.2) is 53.6 Å². The summed E-state index contributed by atoms with van der Waals surface area (Å²) in [5, 5.41) is 29.1. The molecule has 1 aromatic heterocycles. The number of β-amino-alcohol motifs (C(OH)–C–C–N with tert-alkyl or cyclic N) is 1. The number of allylic oxidation sites excluding steroid dienone is 3. The van der Waals surface area contributed by atoms with E-state index in [1.165, 1.54) is 4.90 Å². The van der Waals surface area contributed by atoms with E-state index in [9.17, 15) is 34.2 Å². The molecule has 17 nitrogen and oxygen atoms in total. The number of carbonyl (C=O) groups excluding carboxylic acids is 5. The third kappa shape index (κ3) is 14.9. The number of hydrogen-bond donors (Lipinski definition) is 5. The number of rotatable bonds is 21. The predicted molar refractivity (Wildman–Crippen MR) is 254 cm³/mol. The van der Waals surface area contributed by atoms with Gasteiger partial charge in [-0.3, -0.25) is 19.2 Å². The number of carbonyl (C=O) groups is 5. The summed E-state index contributed by atoms with van der Waals surface area (Å²) in [5.41, 5.74) is 5.14. The Labute approximate surface area is 403 Å². The van der Waals surface area contributed by atoms with E-state index < -0.39 is 47.6 Å². The highest BCUT2D eigenvalue weighted by Crippen LogP contribution is 2.45. The number of esters is 1. The van der Waals surface area contributed by atoms with Gasteiger partial charge >= 0.3 is 12.1 Å². The zero-order valence-electron chi connectivity index (χ0n) is 40.3. The molecule has 374 valence electrons. The van der Waals surface area contributed by atoms with E-state index >= 15 is 0 Å². The minimum Gasteiger partial charge on any atom is -0.462 e. The van der Waals surface area contributed by atoms with Crippen molar-refractivity contribution in [1.82, 2.24) is 25.8 Å². The van der Waals surface area contributed by atoms with E-state index in [1.54, 1.807) is 16.8 Å². The number of ether oxygens (including phenoxy) is 5. The molecular formula is C50H71N5O12S. The number of aromatic nitrogens is 1. The van der Waals surface area contributed by atoms with E-state index in [2.05, 4.69) is 53.0 Å². The number of alkyl carbamates (subject to hydrolysis) is 1. The zero-order chi connectivity index (χ0) is 49.0. The number of likely N-dealkylation sites (tertiary alicyclic amines) is 1. The van der Waals surface area contributed by atoms with Crippen molar-refractivity contribution in [3.05, 3.63) is 64.8 Å². The van der Waals surface area contributed by atoms with Gasteiger partial charge in [-0.25, -0.2) is 9.78 Å². The average Bonchev–Trinajstić information content (AvgIpc) is 3.90. The number of nitrogens with zero attached hydrogens (tertiary/aromatic N) is 2. The van der Waals surface area contributed by atoms with Crippen molar-refractivity contribution in [3.63, 3.8) is 0 Å². The molecule has 68 heavy (non-hydrogen) atoms. The molecule has 2 aliphatic heterocycles. The molecule has 6 rings (SSSR count). The second-order valence-corrected chi connectivity index (χ2v) is 20.5. The van der Waals surface area contributed by atoms with E-state index in [-0.39, 0.29) is 120 Å². The number of hydrogen-bond acceptors (Lipinski definition) is 14. The lowest BCUT2D eigenvalue weighted by Gasteiger charge is -2.43. The summed E-state index contributed by atoms with van der Waals surface area (Å²) in [6, 6.07) is 5.95. The third-order valence-corrected chi connectivity index (χ3v) is 14.1. The number of aliphatic hydroxyl groups excluding tert-OH is 2. The maximum Gasteiger partial charge on any atom is 0.407 e. The Kier molecular flexibility index (Phi) is 19.1. The van der Waals surface area contributed by atoms with Crippen LogP contribution in [0.1, 0.15) is 84.4 Å². The molecule has 2 saturated heterocycles. The minimum atomic E-state index is -0.984. The zero-order valence-corrected chi connectivity index (χ0v) is 41.1. The van der Waals surface area contributed by atoms with Crippen LogP contribution in [0.3, 0.4) is 0 Å². The quantitative estimate of drug-likeness (QED) is 0.0852. The smallest absolute Gasteiger partial charge is 0.407 e. The van der Waals surface area contributed by atoms with Crippen molar-refractivity contribution in [2.75, 3.05) is 52.7 Å². The monoisotopic (exact) mass is 965 g/mol. The Morgan fingerprint density at radius 1 is 0.941 bits per heavy atom. The van der Waals surface area contributed by atoms with Gasteiger partial charge in [0.1, 0.15) is 30.9 Å². The molecule has 1 aromatic carbocycles. The van der Waals surface area contributed by atoms with Gasteiger partial charge in [0.05, 0.1) is 67.7 Å². The van der Waals surface area contributed by atoms with Gasteiger partial charge in [-0.1, -0.05) is 77.1 Å². The molecule has 5 N–H and O–H groups in total. The van der Waals surface area contributed by atoms with Gasteiger partial charge in [0.15, 0.2) is 0 Å². The fraction of sp³-hybridized carbons (Fsp3) is 0.640. The van der Waals surface area contributed by atoms with Crippen LogP contribution in [0.2, 0.25) is 0 Å². The van der Waals surface area contributed by atoms with Gasteiger partial charge in [0, 0.05) is 38.4 Å². The molecule has 2 aromatic rings. The molecule has 3 heterocycles. The van der Waals surface area contributed by atoms with Crippen LogP contribution < -0.4 is 16.0 Å². The van der Waals surface area contributed by atoms with Crippen molar-refractivity contribution in [1.29, 1.82) is 0 Å². The number of nitrogens with one attached hydrogen (secondary N) is 3. The Hall–Kier alpha value is -4.72. The van der Waals surface area contributed by atoms with Crippen LogP contribution in [0.4, 0.5) is 4.79 Å². The molecule has 2 fully saturated rings. The highest BCUT2D eigenvalue weighted by molar-refractivity contribution is 7.13. The van der Waals surface area contributed by atoms with Crippen molar-refractivity contribution >= 4 is 41.1 Å². The lowest BCUT2D eigenvalue weighted by molar-refractivity contribution is -0.160. The molecule has 4 aliphatic rings. The summed E-state index contributed by atoms with van der Waals surface area (Å²) in [7, 11) is 0. The molecule has 0 radical (unpaired) electrons. The number of fused-ring (bicyclic) bond motifs is 1. The predicted octanol–water partition coefficient (Wildman–Crippen LogP) is 4.62. The molecular weight excluding hydrogens is 895 g/mol. The first kappa shape index (κ1) is 52.6. The van der Waals surface area contributed by atoms with E-state index in [0.717, 1.165) is 33.7 Å². The SMILES string of the molecule is Cc1ncsc1-c1ccc(CNC(=O)[C@@H]2C[C@@H](O)CN2C(=O)[C@@H](NC(=O)COCCOCCOCCNC(=O)O[C@H]2C[C@@H](C)C=C3C=C[C@H](C)[C@H](CC[C@@H]4C[C@@H](O)CC(=O)O4)[C@H]32)C(C)(C)C)cc1. The number of benzene rings is 1. The lowest BCUT2D eigenvalue weighted by Crippen LogP contribution is -2.58. The first-order valence-corrected chi connectivity index (χ1v) is 24.8. The van der Waals surface area contributed by atoms with Gasteiger partial charge in [0.2, 0.25) is 17.7 Å². The maximum absolute atomic E-state index is 13.9. The van der Waals surface area contributed by atoms with Crippen LogP contribution in [0.5, 0.6) is 0 Å². The molecule has 2 aliphatic carbocycles. The van der Waals surface area contributed by atoms with Crippen molar-refractivity contribution in [2.45, 2.75) is 123 Å². The molecule has 4 amide bonds. The Morgan fingerprint density at radius 2 is 1.66 bits per heavy atom. The normalized spacial score (nSPS) is 26.3. The van der Waals surface area contributed by atoms with Crippen molar-refractivity contribution in [3.8, 4) is 10.4 Å². The van der Waals surface area contributed by atoms with Crippen LogP contribution in [-0.2, 0) is 49.4 Å². The Morgan fingerprint density at radius 3 is 2.35 bits per heavy atom. The molecule has 0 unspecified atom stereocenters. The van der Waals surface area contributed by atoms with Crippen molar-refractivity contribution < 1.29 is 57.9 Å². The van der Waals surface area contributed by atoms with Gasteiger partial charge in [-0.15, -0.1) is 11.3 Å². The second kappa shape index (κ2) is 24.7. The van der Waals surface area contributed by atoms with E-state index in [0.29, 0.717) is 19.3 Å². The van der Waals surface area contributed by atoms with Gasteiger partial charge in [0.25, 0.3) is 0 Å².